The minimum Gasteiger partial charge on any atom is -0.489 e. The van der Waals surface area contributed by atoms with E-state index < -0.39 is 0 Å². The second kappa shape index (κ2) is 5.70. The van der Waals surface area contributed by atoms with Crippen molar-refractivity contribution in [1.29, 1.82) is 0 Å². The molecule has 0 bridgehead atoms. The quantitative estimate of drug-likeness (QED) is 0.822. The third-order valence-electron chi connectivity index (χ3n) is 3.67. The number of aliphatic hydroxyl groups is 1. The zero-order valence-corrected chi connectivity index (χ0v) is 12.0. The number of hydrogen-bond donors (Lipinski definition) is 2. The Hall–Kier alpha value is -1.42. The van der Waals surface area contributed by atoms with Gasteiger partial charge in [-0.3, -0.25) is 0 Å². The molecule has 4 nitrogen and oxygen atoms in total. The Morgan fingerprint density at radius 2 is 2.16 bits per heavy atom. The molecule has 1 heterocycles. The third kappa shape index (κ3) is 3.13. The SMILES string of the molecule is CC(C)Oc1cccc(N2CCC(C)C(O)C2)c1N. The Morgan fingerprint density at radius 3 is 2.79 bits per heavy atom. The van der Waals surface area contributed by atoms with Crippen molar-refractivity contribution in [3.8, 4) is 5.75 Å². The first kappa shape index (κ1) is 14.0. The number of rotatable bonds is 3. The molecule has 2 rings (SSSR count). The number of para-hydroxylation sites is 1. The molecule has 2 atom stereocenters. The standard InChI is InChI=1S/C15H24N2O2/c1-10(2)19-14-6-4-5-12(15(14)16)17-8-7-11(3)13(18)9-17/h4-6,10-11,13,18H,7-9,16H2,1-3H3. The van der Waals surface area contributed by atoms with E-state index in [9.17, 15) is 5.11 Å². The number of benzene rings is 1. The molecule has 1 aromatic carbocycles. The van der Waals surface area contributed by atoms with Crippen molar-refractivity contribution in [3.63, 3.8) is 0 Å². The molecule has 0 spiro atoms. The van der Waals surface area contributed by atoms with Crippen molar-refractivity contribution < 1.29 is 9.84 Å². The lowest BCUT2D eigenvalue weighted by molar-refractivity contribution is 0.103. The molecule has 1 saturated heterocycles. The van der Waals surface area contributed by atoms with E-state index in [2.05, 4.69) is 11.8 Å². The molecule has 1 aliphatic heterocycles. The summed E-state index contributed by atoms with van der Waals surface area (Å²) in [6.45, 7) is 7.62. The fraction of sp³-hybridized carbons (Fsp3) is 0.600. The number of ether oxygens (including phenoxy) is 1. The van der Waals surface area contributed by atoms with Gasteiger partial charge >= 0.3 is 0 Å². The van der Waals surface area contributed by atoms with Crippen molar-refractivity contribution >= 4 is 11.4 Å². The summed E-state index contributed by atoms with van der Waals surface area (Å²) in [5, 5.41) is 10.0. The van der Waals surface area contributed by atoms with Crippen LogP contribution in [0.1, 0.15) is 27.2 Å². The van der Waals surface area contributed by atoms with Gasteiger partial charge in [-0.2, -0.15) is 0 Å². The highest BCUT2D eigenvalue weighted by Gasteiger charge is 2.26. The van der Waals surface area contributed by atoms with Crippen molar-refractivity contribution in [3.05, 3.63) is 18.2 Å². The molecule has 0 aliphatic carbocycles. The van der Waals surface area contributed by atoms with Crippen molar-refractivity contribution in [2.45, 2.75) is 39.4 Å². The van der Waals surface area contributed by atoms with Crippen molar-refractivity contribution in [2.75, 3.05) is 23.7 Å². The Bertz CT molecular complexity index is 434. The van der Waals surface area contributed by atoms with Gasteiger partial charge in [0.2, 0.25) is 0 Å². The highest BCUT2D eigenvalue weighted by molar-refractivity contribution is 5.74. The summed E-state index contributed by atoms with van der Waals surface area (Å²) in [5.74, 6) is 1.08. The summed E-state index contributed by atoms with van der Waals surface area (Å²) in [6, 6.07) is 5.83. The van der Waals surface area contributed by atoms with Crippen LogP contribution < -0.4 is 15.4 Å². The van der Waals surface area contributed by atoms with Gasteiger partial charge < -0.3 is 20.5 Å². The van der Waals surface area contributed by atoms with E-state index >= 15 is 0 Å². The van der Waals surface area contributed by atoms with Gasteiger partial charge in [0, 0.05) is 13.1 Å². The molecule has 1 aliphatic rings. The molecular weight excluding hydrogens is 240 g/mol. The van der Waals surface area contributed by atoms with Gasteiger partial charge in [-0.15, -0.1) is 0 Å². The summed E-state index contributed by atoms with van der Waals surface area (Å²) in [6.07, 6.45) is 0.794. The highest BCUT2D eigenvalue weighted by Crippen LogP contribution is 2.34. The molecular formula is C15H24N2O2. The molecule has 0 saturated carbocycles. The molecule has 1 fully saturated rings. The summed E-state index contributed by atoms with van der Waals surface area (Å²) >= 11 is 0. The van der Waals surface area contributed by atoms with E-state index in [0.29, 0.717) is 18.2 Å². The second-order valence-electron chi connectivity index (χ2n) is 5.63. The van der Waals surface area contributed by atoms with Gasteiger partial charge in [-0.1, -0.05) is 13.0 Å². The lowest BCUT2D eigenvalue weighted by Crippen LogP contribution is -2.43. The van der Waals surface area contributed by atoms with Gasteiger partial charge in [-0.05, 0) is 38.3 Å². The van der Waals surface area contributed by atoms with E-state index in [1.165, 1.54) is 0 Å². The zero-order valence-electron chi connectivity index (χ0n) is 12.0. The van der Waals surface area contributed by atoms with Crippen LogP contribution in [0.25, 0.3) is 0 Å². The first-order valence-corrected chi connectivity index (χ1v) is 6.97. The minimum absolute atomic E-state index is 0.101. The van der Waals surface area contributed by atoms with E-state index in [0.717, 1.165) is 24.4 Å². The normalized spacial score (nSPS) is 23.7. The van der Waals surface area contributed by atoms with E-state index in [1.54, 1.807) is 0 Å². The van der Waals surface area contributed by atoms with Crippen molar-refractivity contribution in [1.82, 2.24) is 0 Å². The second-order valence-corrected chi connectivity index (χ2v) is 5.63. The van der Waals surface area contributed by atoms with Crippen LogP contribution in [0.5, 0.6) is 5.75 Å². The maximum atomic E-state index is 10.0. The molecule has 2 unspecified atom stereocenters. The Morgan fingerprint density at radius 1 is 1.42 bits per heavy atom. The maximum Gasteiger partial charge on any atom is 0.144 e. The minimum atomic E-state index is -0.289. The summed E-state index contributed by atoms with van der Waals surface area (Å²) in [5.41, 5.74) is 7.82. The van der Waals surface area contributed by atoms with Crippen LogP contribution in [0.15, 0.2) is 18.2 Å². The number of nitrogen functional groups attached to an aromatic ring is 1. The monoisotopic (exact) mass is 264 g/mol. The fourth-order valence-corrected chi connectivity index (χ4v) is 2.43. The zero-order chi connectivity index (χ0) is 14.0. The van der Waals surface area contributed by atoms with Crippen LogP contribution in [-0.2, 0) is 0 Å². The Labute approximate surface area is 115 Å². The van der Waals surface area contributed by atoms with Gasteiger partial charge in [0.05, 0.1) is 23.6 Å². The third-order valence-corrected chi connectivity index (χ3v) is 3.67. The molecule has 1 aromatic rings. The number of nitrogens with two attached hydrogens (primary N) is 1. The predicted molar refractivity (Wildman–Crippen MR) is 78.6 cm³/mol. The first-order valence-electron chi connectivity index (χ1n) is 6.97. The van der Waals surface area contributed by atoms with Gasteiger partial charge in [0.15, 0.2) is 0 Å². The molecule has 0 amide bonds. The van der Waals surface area contributed by atoms with Crippen molar-refractivity contribution in [2.24, 2.45) is 5.92 Å². The topological polar surface area (TPSA) is 58.7 Å². The Balaban J connectivity index is 2.20. The van der Waals surface area contributed by atoms with Crippen LogP contribution in [0.3, 0.4) is 0 Å². The van der Waals surface area contributed by atoms with E-state index in [1.807, 2.05) is 32.0 Å². The van der Waals surface area contributed by atoms with Gasteiger partial charge in [-0.25, -0.2) is 0 Å². The van der Waals surface area contributed by atoms with Crippen LogP contribution in [0.4, 0.5) is 11.4 Å². The van der Waals surface area contributed by atoms with Gasteiger partial charge in [0.1, 0.15) is 5.75 Å². The number of nitrogens with zero attached hydrogens (tertiary/aromatic N) is 1. The average Bonchev–Trinajstić information content (AvgIpc) is 2.35. The van der Waals surface area contributed by atoms with Crippen LogP contribution in [-0.4, -0.2) is 30.4 Å². The number of piperidine rings is 1. The van der Waals surface area contributed by atoms with Gasteiger partial charge in [0.25, 0.3) is 0 Å². The van der Waals surface area contributed by atoms with Crippen LogP contribution >= 0.6 is 0 Å². The lowest BCUT2D eigenvalue weighted by Gasteiger charge is -2.36. The predicted octanol–water partition coefficient (Wildman–Crippen LogP) is 2.26. The first-order chi connectivity index (χ1) is 8.99. The fourth-order valence-electron chi connectivity index (χ4n) is 2.43. The largest absolute Gasteiger partial charge is 0.489 e. The van der Waals surface area contributed by atoms with Crippen LogP contribution in [0, 0.1) is 5.92 Å². The van der Waals surface area contributed by atoms with E-state index in [-0.39, 0.29) is 12.2 Å². The Kier molecular flexibility index (Phi) is 4.20. The smallest absolute Gasteiger partial charge is 0.144 e. The molecule has 4 heteroatoms. The molecule has 19 heavy (non-hydrogen) atoms. The number of hydrogen-bond acceptors (Lipinski definition) is 4. The maximum absolute atomic E-state index is 10.0. The number of β-amino-alcohol motifs (C(OH)–C–C–N with tert-alkyl or cyclic N) is 1. The lowest BCUT2D eigenvalue weighted by atomic mass is 9.95. The highest BCUT2D eigenvalue weighted by atomic mass is 16.5. The average molecular weight is 264 g/mol. The number of anilines is 2. The molecule has 3 N–H and O–H groups in total. The summed E-state index contributed by atoms with van der Waals surface area (Å²) < 4.78 is 5.71. The summed E-state index contributed by atoms with van der Waals surface area (Å²) in [4.78, 5) is 2.15. The van der Waals surface area contributed by atoms with E-state index in [4.69, 9.17) is 10.5 Å². The molecule has 106 valence electrons. The number of aliphatic hydroxyl groups excluding tert-OH is 1. The molecule has 0 radical (unpaired) electrons. The summed E-state index contributed by atoms with van der Waals surface area (Å²) in [7, 11) is 0. The molecule has 0 aromatic heterocycles. The van der Waals surface area contributed by atoms with Crippen LogP contribution in [0.2, 0.25) is 0 Å².